The summed E-state index contributed by atoms with van der Waals surface area (Å²) in [5, 5.41) is 24.1. The predicted octanol–water partition coefficient (Wildman–Crippen LogP) is 7.09. The van der Waals surface area contributed by atoms with E-state index in [1.807, 2.05) is 72.8 Å². The van der Waals surface area contributed by atoms with Crippen molar-refractivity contribution in [2.75, 3.05) is 5.32 Å². The molecule has 0 saturated heterocycles. The molecule has 0 aliphatic rings. The number of nitrogens with one attached hydrogen (secondary N) is 1. The Hall–Kier alpha value is -3.22. The number of rotatable bonds is 5. The van der Waals surface area contributed by atoms with Crippen molar-refractivity contribution in [1.29, 1.82) is 0 Å². The number of nitrogens with zero attached hydrogens (tertiary/aromatic N) is 3. The first-order chi connectivity index (χ1) is 15.0. The largest absolute Gasteiger partial charge is 0.493 e. The number of anilines is 1. The van der Waals surface area contributed by atoms with Crippen molar-refractivity contribution in [2.45, 2.75) is 19.9 Å². The number of fused-ring (bicyclic) bond motifs is 1. The quantitative estimate of drug-likeness (QED) is 0.253. The molecule has 4 rings (SSSR count). The van der Waals surface area contributed by atoms with Gasteiger partial charge in [0.2, 0.25) is 11.0 Å². The number of azo groups is 1. The molecule has 4 aromatic rings. The van der Waals surface area contributed by atoms with Crippen LogP contribution in [-0.2, 0) is 13.0 Å². The Morgan fingerprint density at radius 2 is 1.68 bits per heavy atom. The summed E-state index contributed by atoms with van der Waals surface area (Å²) in [6, 6.07) is 23.2. The van der Waals surface area contributed by atoms with Crippen LogP contribution < -0.4 is 5.32 Å². The maximum atomic E-state index is 10.9. The third kappa shape index (κ3) is 4.76. The molecular formula is C24H21ClN4OS. The fraction of sp³-hybridized carbons (Fsp3) is 0.125. The standard InChI is InChI=1S/C24H21ClN4OS/c1-2-16-9-13-19(14-10-16)26-24(31)28-27-22-20-5-3-4-6-21(20)29(23(22)30)15-17-7-11-18(25)12-8-17/h3-14,30H,2,15H2,1H3,(H,26,31). The van der Waals surface area contributed by atoms with Crippen LogP contribution in [-0.4, -0.2) is 14.8 Å². The van der Waals surface area contributed by atoms with Gasteiger partial charge in [0.15, 0.2) is 5.69 Å². The van der Waals surface area contributed by atoms with Crippen molar-refractivity contribution < 1.29 is 5.11 Å². The summed E-state index contributed by atoms with van der Waals surface area (Å²) in [5.74, 6) is 0.0370. The number of hydrogen-bond donors (Lipinski definition) is 2. The van der Waals surface area contributed by atoms with Gasteiger partial charge in [0.05, 0.1) is 12.1 Å². The molecule has 7 heteroatoms. The van der Waals surface area contributed by atoms with E-state index in [4.69, 9.17) is 23.8 Å². The average Bonchev–Trinajstić information content (AvgIpc) is 3.05. The number of hydrogen-bond acceptors (Lipinski definition) is 3. The predicted molar refractivity (Wildman–Crippen MR) is 131 cm³/mol. The van der Waals surface area contributed by atoms with Gasteiger partial charge in [-0.15, -0.1) is 10.2 Å². The summed E-state index contributed by atoms with van der Waals surface area (Å²) in [4.78, 5) is 0. The van der Waals surface area contributed by atoms with E-state index in [9.17, 15) is 5.11 Å². The van der Waals surface area contributed by atoms with Gasteiger partial charge in [-0.25, -0.2) is 0 Å². The molecule has 0 aliphatic carbocycles. The maximum Gasteiger partial charge on any atom is 0.221 e. The minimum atomic E-state index is 0.0370. The molecule has 0 saturated carbocycles. The second-order valence-electron chi connectivity index (χ2n) is 7.08. The number of aromatic nitrogens is 1. The maximum absolute atomic E-state index is 10.9. The highest BCUT2D eigenvalue weighted by molar-refractivity contribution is 7.80. The van der Waals surface area contributed by atoms with Crippen molar-refractivity contribution in [3.63, 3.8) is 0 Å². The van der Waals surface area contributed by atoms with E-state index in [2.05, 4.69) is 22.5 Å². The first-order valence-corrected chi connectivity index (χ1v) is 10.7. The first-order valence-electron chi connectivity index (χ1n) is 9.91. The van der Waals surface area contributed by atoms with Crippen LogP contribution in [0.25, 0.3) is 10.9 Å². The summed E-state index contributed by atoms with van der Waals surface area (Å²) >= 11 is 11.3. The van der Waals surface area contributed by atoms with E-state index in [-0.39, 0.29) is 11.0 Å². The van der Waals surface area contributed by atoms with Crippen LogP contribution in [0.3, 0.4) is 0 Å². The lowest BCUT2D eigenvalue weighted by Gasteiger charge is -2.07. The van der Waals surface area contributed by atoms with E-state index in [1.165, 1.54) is 5.56 Å². The Balaban J connectivity index is 1.60. The lowest BCUT2D eigenvalue weighted by atomic mass is 10.1. The molecule has 1 aromatic heterocycles. The summed E-state index contributed by atoms with van der Waals surface area (Å²) in [6.07, 6.45) is 0.976. The third-order valence-electron chi connectivity index (χ3n) is 5.03. The number of halogens is 1. The van der Waals surface area contributed by atoms with Gasteiger partial charge in [-0.05, 0) is 60.1 Å². The first kappa shape index (κ1) is 21.0. The minimum absolute atomic E-state index is 0.0370. The zero-order valence-electron chi connectivity index (χ0n) is 16.9. The van der Waals surface area contributed by atoms with Gasteiger partial charge in [-0.1, -0.05) is 61.0 Å². The molecule has 0 spiro atoms. The molecule has 0 atom stereocenters. The molecule has 0 amide bonds. The Labute approximate surface area is 191 Å². The van der Waals surface area contributed by atoms with E-state index in [0.717, 1.165) is 28.6 Å². The van der Waals surface area contributed by atoms with Crippen LogP contribution in [0.4, 0.5) is 11.4 Å². The zero-order valence-corrected chi connectivity index (χ0v) is 18.5. The van der Waals surface area contributed by atoms with Gasteiger partial charge in [-0.2, -0.15) is 0 Å². The molecule has 0 aliphatic heterocycles. The van der Waals surface area contributed by atoms with Gasteiger partial charge < -0.3 is 15.0 Å². The van der Waals surface area contributed by atoms with Gasteiger partial charge in [0.25, 0.3) is 0 Å². The van der Waals surface area contributed by atoms with Gasteiger partial charge in [0.1, 0.15) is 0 Å². The van der Waals surface area contributed by atoms with Crippen molar-refractivity contribution in [1.82, 2.24) is 4.57 Å². The summed E-state index contributed by atoms with van der Waals surface area (Å²) in [7, 11) is 0. The molecule has 0 unspecified atom stereocenters. The van der Waals surface area contributed by atoms with Gasteiger partial charge >= 0.3 is 0 Å². The smallest absolute Gasteiger partial charge is 0.221 e. The second-order valence-corrected chi connectivity index (χ2v) is 7.91. The fourth-order valence-corrected chi connectivity index (χ4v) is 3.66. The van der Waals surface area contributed by atoms with E-state index in [0.29, 0.717) is 17.3 Å². The molecule has 31 heavy (non-hydrogen) atoms. The minimum Gasteiger partial charge on any atom is -0.493 e. The molecule has 5 nitrogen and oxygen atoms in total. The van der Waals surface area contributed by atoms with Crippen LogP contribution in [0.5, 0.6) is 5.88 Å². The fourth-order valence-electron chi connectivity index (χ4n) is 3.37. The Bertz CT molecular complexity index is 1250. The normalized spacial score (nSPS) is 11.3. The van der Waals surface area contributed by atoms with Crippen molar-refractivity contribution in [2.24, 2.45) is 10.2 Å². The lowest BCUT2D eigenvalue weighted by Crippen LogP contribution is -2.04. The Kier molecular flexibility index (Phi) is 6.30. The molecule has 156 valence electrons. The Morgan fingerprint density at radius 1 is 1.00 bits per heavy atom. The SMILES string of the molecule is CCc1ccc(NC(=S)N=Nc2c(O)n(Cc3ccc(Cl)cc3)c3ccccc23)cc1. The number of benzene rings is 3. The molecule has 2 N–H and O–H groups in total. The van der Waals surface area contributed by atoms with E-state index < -0.39 is 0 Å². The van der Waals surface area contributed by atoms with E-state index in [1.54, 1.807) is 4.57 Å². The highest BCUT2D eigenvalue weighted by atomic mass is 35.5. The van der Waals surface area contributed by atoms with Crippen LogP contribution in [0.1, 0.15) is 18.1 Å². The number of aromatic hydroxyl groups is 1. The van der Waals surface area contributed by atoms with Gasteiger partial charge in [0, 0.05) is 16.1 Å². The molecule has 1 heterocycles. The highest BCUT2D eigenvalue weighted by Crippen LogP contribution is 2.39. The van der Waals surface area contributed by atoms with Crippen molar-refractivity contribution >= 4 is 51.2 Å². The molecule has 0 bridgehead atoms. The summed E-state index contributed by atoms with van der Waals surface area (Å²) < 4.78 is 1.80. The second kappa shape index (κ2) is 9.29. The zero-order chi connectivity index (χ0) is 21.8. The topological polar surface area (TPSA) is 61.9 Å². The molecule has 3 aromatic carbocycles. The van der Waals surface area contributed by atoms with E-state index >= 15 is 0 Å². The lowest BCUT2D eigenvalue weighted by molar-refractivity contribution is 0.429. The average molecular weight is 449 g/mol. The summed E-state index contributed by atoms with van der Waals surface area (Å²) in [5.41, 5.74) is 4.34. The van der Waals surface area contributed by atoms with Crippen LogP contribution in [0.15, 0.2) is 83.0 Å². The van der Waals surface area contributed by atoms with Crippen LogP contribution in [0.2, 0.25) is 5.02 Å². The monoisotopic (exact) mass is 448 g/mol. The molecule has 0 fully saturated rings. The molecular weight excluding hydrogens is 428 g/mol. The van der Waals surface area contributed by atoms with Crippen molar-refractivity contribution in [3.05, 3.63) is 88.9 Å². The van der Waals surface area contributed by atoms with Crippen molar-refractivity contribution in [3.8, 4) is 5.88 Å². The van der Waals surface area contributed by atoms with Gasteiger partial charge in [-0.3, -0.25) is 0 Å². The highest BCUT2D eigenvalue weighted by Gasteiger charge is 2.16. The number of thiocarbonyl (C=S) groups is 1. The molecule has 0 radical (unpaired) electrons. The van der Waals surface area contributed by atoms with Crippen LogP contribution >= 0.6 is 23.8 Å². The number of aryl methyl sites for hydroxylation is 1. The number of para-hydroxylation sites is 1. The third-order valence-corrected chi connectivity index (χ3v) is 5.46. The Morgan fingerprint density at radius 3 is 2.39 bits per heavy atom. The summed E-state index contributed by atoms with van der Waals surface area (Å²) in [6.45, 7) is 2.59. The van der Waals surface area contributed by atoms with Crippen LogP contribution in [0, 0.1) is 0 Å².